The lowest BCUT2D eigenvalue weighted by Gasteiger charge is -2.12. The Balaban J connectivity index is 1.28. The van der Waals surface area contributed by atoms with Gasteiger partial charge in [-0.3, -0.25) is 14.7 Å². The smallest absolute Gasteiger partial charge is 0.251 e. The van der Waals surface area contributed by atoms with E-state index in [0.717, 1.165) is 27.7 Å². The number of nitrogen functional groups attached to an aromatic ring is 1. The van der Waals surface area contributed by atoms with Gasteiger partial charge in [0.2, 0.25) is 0 Å². The van der Waals surface area contributed by atoms with Gasteiger partial charge in [-0.25, -0.2) is 0 Å². The van der Waals surface area contributed by atoms with Crippen molar-refractivity contribution in [3.63, 3.8) is 0 Å². The molecule has 0 aliphatic carbocycles. The van der Waals surface area contributed by atoms with Crippen molar-refractivity contribution in [2.45, 2.75) is 0 Å². The molecule has 0 saturated heterocycles. The molecule has 168 valence electrons. The molecule has 4 aromatic rings. The lowest BCUT2D eigenvalue weighted by molar-refractivity contribution is 0.0927. The molecule has 0 spiro atoms. The first-order chi connectivity index (χ1) is 15.9. The van der Waals surface area contributed by atoms with Crippen LogP contribution in [0.3, 0.4) is 0 Å². The predicted molar refractivity (Wildman–Crippen MR) is 131 cm³/mol. The average molecular weight is 443 g/mol. The zero-order valence-electron chi connectivity index (χ0n) is 18.6. The second-order valence-corrected chi connectivity index (χ2v) is 7.90. The van der Waals surface area contributed by atoms with E-state index in [4.69, 9.17) is 5.73 Å². The van der Waals surface area contributed by atoms with Crippen molar-refractivity contribution in [3.05, 3.63) is 77.9 Å². The number of carbonyl (C=O) groups is 2. The lowest BCUT2D eigenvalue weighted by atomic mass is 10.0. The largest absolute Gasteiger partial charge is 0.382 e. The molecule has 4 rings (SSSR count). The fraction of sp³-hybridized carbons (Fsp3) is 0.160. The SMILES string of the molecule is CN(C)c1ccc(C(=O)NCCNC(=O)c2ccc(-c3ccc4c(N)n[nH]c4c3)cc2)cc1. The van der Waals surface area contributed by atoms with Crippen molar-refractivity contribution in [3.8, 4) is 11.1 Å². The Kier molecular flexibility index (Phi) is 6.26. The van der Waals surface area contributed by atoms with Gasteiger partial charge >= 0.3 is 0 Å². The molecule has 0 saturated carbocycles. The highest BCUT2D eigenvalue weighted by Crippen LogP contribution is 2.26. The van der Waals surface area contributed by atoms with Crippen LogP contribution in [0.15, 0.2) is 66.7 Å². The molecule has 8 heteroatoms. The van der Waals surface area contributed by atoms with E-state index < -0.39 is 0 Å². The van der Waals surface area contributed by atoms with E-state index in [1.165, 1.54) is 0 Å². The number of hydrogen-bond acceptors (Lipinski definition) is 5. The highest BCUT2D eigenvalue weighted by Gasteiger charge is 2.09. The van der Waals surface area contributed by atoms with Gasteiger partial charge in [-0.1, -0.05) is 18.2 Å². The zero-order chi connectivity index (χ0) is 23.4. The molecule has 2 amide bonds. The Labute approximate surface area is 191 Å². The van der Waals surface area contributed by atoms with Gasteiger partial charge in [0, 0.05) is 49.4 Å². The van der Waals surface area contributed by atoms with Crippen LogP contribution in [0.25, 0.3) is 22.0 Å². The molecule has 0 aliphatic rings. The van der Waals surface area contributed by atoms with Crippen molar-refractivity contribution in [1.82, 2.24) is 20.8 Å². The Morgan fingerprint density at radius 3 is 1.97 bits per heavy atom. The predicted octanol–water partition coefficient (Wildman–Crippen LogP) is 3.04. The van der Waals surface area contributed by atoms with Crippen LogP contribution >= 0.6 is 0 Å². The third kappa shape index (κ3) is 4.95. The number of aromatic amines is 1. The lowest BCUT2D eigenvalue weighted by Crippen LogP contribution is -2.34. The number of nitrogens with one attached hydrogen (secondary N) is 3. The van der Waals surface area contributed by atoms with Gasteiger partial charge in [-0.05, 0) is 59.7 Å². The van der Waals surface area contributed by atoms with Gasteiger partial charge in [-0.15, -0.1) is 0 Å². The molecular weight excluding hydrogens is 416 g/mol. The van der Waals surface area contributed by atoms with Gasteiger partial charge in [0.25, 0.3) is 11.8 Å². The third-order valence-corrected chi connectivity index (χ3v) is 5.41. The molecule has 1 aromatic heterocycles. The molecule has 33 heavy (non-hydrogen) atoms. The summed E-state index contributed by atoms with van der Waals surface area (Å²) < 4.78 is 0. The highest BCUT2D eigenvalue weighted by molar-refractivity contribution is 5.96. The second-order valence-electron chi connectivity index (χ2n) is 7.90. The summed E-state index contributed by atoms with van der Waals surface area (Å²) >= 11 is 0. The normalized spacial score (nSPS) is 10.7. The van der Waals surface area contributed by atoms with Crippen LogP contribution < -0.4 is 21.3 Å². The van der Waals surface area contributed by atoms with Crippen molar-refractivity contribution < 1.29 is 9.59 Å². The molecule has 0 fully saturated rings. The van der Waals surface area contributed by atoms with Gasteiger partial charge < -0.3 is 21.3 Å². The molecule has 0 bridgehead atoms. The van der Waals surface area contributed by atoms with Crippen LogP contribution in [0.4, 0.5) is 11.5 Å². The summed E-state index contributed by atoms with van der Waals surface area (Å²) in [5.74, 6) is 0.111. The van der Waals surface area contributed by atoms with Crippen molar-refractivity contribution in [1.29, 1.82) is 0 Å². The molecule has 0 atom stereocenters. The van der Waals surface area contributed by atoms with Crippen LogP contribution in [0.2, 0.25) is 0 Å². The Bertz CT molecular complexity index is 1280. The standard InChI is InChI=1S/C25H26N6O2/c1-31(2)20-10-7-18(8-11-20)25(33)28-14-13-27-24(32)17-5-3-16(4-6-17)19-9-12-21-22(15-19)29-30-23(21)26/h3-12,15H,13-14H2,1-2H3,(H,27,32)(H,28,33)(H3,26,29,30). The number of H-pyrrole nitrogens is 1. The fourth-order valence-electron chi connectivity index (χ4n) is 3.50. The molecular formula is C25H26N6O2. The van der Waals surface area contributed by atoms with E-state index in [1.54, 1.807) is 24.3 Å². The maximum atomic E-state index is 12.4. The molecule has 8 nitrogen and oxygen atoms in total. The minimum Gasteiger partial charge on any atom is -0.382 e. The number of aromatic nitrogens is 2. The number of rotatable bonds is 7. The van der Waals surface area contributed by atoms with E-state index in [0.29, 0.717) is 30.0 Å². The Morgan fingerprint density at radius 1 is 0.848 bits per heavy atom. The van der Waals surface area contributed by atoms with Crippen LogP contribution in [0.5, 0.6) is 0 Å². The number of benzene rings is 3. The summed E-state index contributed by atoms with van der Waals surface area (Å²) in [6, 6.07) is 20.6. The van der Waals surface area contributed by atoms with Gasteiger partial charge in [0.1, 0.15) is 0 Å². The van der Waals surface area contributed by atoms with E-state index in [9.17, 15) is 9.59 Å². The summed E-state index contributed by atoms with van der Waals surface area (Å²) in [6.45, 7) is 0.672. The van der Waals surface area contributed by atoms with Gasteiger partial charge in [-0.2, -0.15) is 5.10 Å². The number of amides is 2. The van der Waals surface area contributed by atoms with Crippen LogP contribution in [-0.4, -0.2) is 49.2 Å². The number of nitrogens with two attached hydrogens (primary N) is 1. The Morgan fingerprint density at radius 2 is 1.39 bits per heavy atom. The van der Waals surface area contributed by atoms with Crippen molar-refractivity contribution in [2.75, 3.05) is 37.8 Å². The first-order valence-corrected chi connectivity index (χ1v) is 10.6. The van der Waals surface area contributed by atoms with E-state index in [1.807, 2.05) is 61.5 Å². The van der Waals surface area contributed by atoms with Gasteiger partial charge in [0.05, 0.1) is 5.52 Å². The first-order valence-electron chi connectivity index (χ1n) is 10.6. The molecule has 0 unspecified atom stereocenters. The van der Waals surface area contributed by atoms with Crippen LogP contribution in [-0.2, 0) is 0 Å². The molecule has 5 N–H and O–H groups in total. The number of anilines is 2. The van der Waals surface area contributed by atoms with Crippen LogP contribution in [0.1, 0.15) is 20.7 Å². The second kappa shape index (κ2) is 9.44. The molecule has 0 aliphatic heterocycles. The fourth-order valence-corrected chi connectivity index (χ4v) is 3.50. The number of carbonyl (C=O) groups excluding carboxylic acids is 2. The molecule has 1 heterocycles. The number of fused-ring (bicyclic) bond motifs is 1. The van der Waals surface area contributed by atoms with Gasteiger partial charge in [0.15, 0.2) is 5.82 Å². The number of nitrogens with zero attached hydrogens (tertiary/aromatic N) is 2. The monoisotopic (exact) mass is 442 g/mol. The minimum absolute atomic E-state index is 0.171. The molecule has 0 radical (unpaired) electrons. The van der Waals surface area contributed by atoms with Crippen LogP contribution in [0, 0.1) is 0 Å². The van der Waals surface area contributed by atoms with E-state index in [2.05, 4.69) is 20.8 Å². The Hall–Kier alpha value is -4.33. The quantitative estimate of drug-likeness (QED) is 0.328. The average Bonchev–Trinajstić information content (AvgIpc) is 3.21. The molecule has 3 aromatic carbocycles. The first kappa shape index (κ1) is 21.9. The summed E-state index contributed by atoms with van der Waals surface area (Å²) in [4.78, 5) is 26.6. The number of hydrogen-bond donors (Lipinski definition) is 4. The minimum atomic E-state index is -0.192. The third-order valence-electron chi connectivity index (χ3n) is 5.41. The highest BCUT2D eigenvalue weighted by atomic mass is 16.2. The summed E-state index contributed by atoms with van der Waals surface area (Å²) in [5.41, 5.74) is 10.8. The maximum Gasteiger partial charge on any atom is 0.251 e. The van der Waals surface area contributed by atoms with E-state index in [-0.39, 0.29) is 11.8 Å². The zero-order valence-corrected chi connectivity index (χ0v) is 18.6. The summed E-state index contributed by atoms with van der Waals surface area (Å²) in [5, 5.41) is 13.5. The summed E-state index contributed by atoms with van der Waals surface area (Å²) in [7, 11) is 3.89. The van der Waals surface area contributed by atoms with E-state index >= 15 is 0 Å². The topological polar surface area (TPSA) is 116 Å². The van der Waals surface area contributed by atoms with Crippen molar-refractivity contribution in [2.24, 2.45) is 0 Å². The summed E-state index contributed by atoms with van der Waals surface area (Å²) in [6.07, 6.45) is 0. The van der Waals surface area contributed by atoms with Crippen molar-refractivity contribution >= 4 is 34.2 Å². The maximum absolute atomic E-state index is 12.4.